The highest BCUT2D eigenvalue weighted by Gasteiger charge is 2.13. The monoisotopic (exact) mass is 334 g/mol. The van der Waals surface area contributed by atoms with Gasteiger partial charge in [0.05, 0.1) is 18.3 Å². The Morgan fingerprint density at radius 3 is 2.72 bits per heavy atom. The van der Waals surface area contributed by atoms with Gasteiger partial charge in [0, 0.05) is 24.4 Å². The Morgan fingerprint density at radius 2 is 1.96 bits per heavy atom. The number of hydrogen-bond donors (Lipinski definition) is 3. The zero-order valence-corrected chi connectivity index (χ0v) is 14.4. The van der Waals surface area contributed by atoms with Crippen LogP contribution < -0.4 is 16.0 Å². The molecule has 128 valence electrons. The van der Waals surface area contributed by atoms with Gasteiger partial charge in [0.1, 0.15) is 5.84 Å². The van der Waals surface area contributed by atoms with Gasteiger partial charge in [0.25, 0.3) is 0 Å². The molecule has 5 heteroatoms. The van der Waals surface area contributed by atoms with Crippen molar-refractivity contribution in [3.05, 3.63) is 71.9 Å². The van der Waals surface area contributed by atoms with E-state index in [1.807, 2.05) is 48.7 Å². The van der Waals surface area contributed by atoms with E-state index < -0.39 is 0 Å². The number of nitrogens with one attached hydrogen (secondary N) is 3. The summed E-state index contributed by atoms with van der Waals surface area (Å²) in [7, 11) is 0. The molecule has 0 saturated carbocycles. The molecule has 1 heterocycles. The van der Waals surface area contributed by atoms with Gasteiger partial charge in [0.2, 0.25) is 5.91 Å². The molecule has 25 heavy (non-hydrogen) atoms. The Labute approximate surface area is 147 Å². The minimum absolute atomic E-state index is 0.0792. The van der Waals surface area contributed by atoms with Crippen molar-refractivity contribution in [2.75, 3.05) is 11.9 Å². The SMILES string of the molecule is CC(=O)Nc1cccc(C2=CNCC(=N[C@H](C)c3ccccc3)N2)c1. The van der Waals surface area contributed by atoms with Crippen LogP contribution in [0.2, 0.25) is 0 Å². The largest absolute Gasteiger partial charge is 0.382 e. The van der Waals surface area contributed by atoms with Gasteiger partial charge in [-0.1, -0.05) is 42.5 Å². The average molecular weight is 334 g/mol. The van der Waals surface area contributed by atoms with Crippen molar-refractivity contribution >= 4 is 23.1 Å². The number of amides is 1. The molecule has 0 bridgehead atoms. The molecule has 0 aromatic heterocycles. The lowest BCUT2D eigenvalue weighted by atomic mass is 10.1. The summed E-state index contributed by atoms with van der Waals surface area (Å²) in [5, 5.41) is 9.45. The number of benzene rings is 2. The summed E-state index contributed by atoms with van der Waals surface area (Å²) in [6.07, 6.45) is 1.93. The molecule has 1 aliphatic heterocycles. The maximum atomic E-state index is 11.2. The number of carbonyl (C=O) groups is 1. The van der Waals surface area contributed by atoms with Crippen molar-refractivity contribution in [3.63, 3.8) is 0 Å². The van der Waals surface area contributed by atoms with Gasteiger partial charge in [0.15, 0.2) is 0 Å². The summed E-state index contributed by atoms with van der Waals surface area (Å²) < 4.78 is 0. The molecule has 1 atom stereocenters. The first-order valence-electron chi connectivity index (χ1n) is 8.32. The number of rotatable bonds is 4. The fraction of sp³-hybridized carbons (Fsp3) is 0.200. The molecule has 5 nitrogen and oxygen atoms in total. The molecule has 1 aliphatic rings. The third-order valence-corrected chi connectivity index (χ3v) is 3.92. The number of hydrogen-bond acceptors (Lipinski definition) is 3. The van der Waals surface area contributed by atoms with E-state index in [0.717, 1.165) is 22.8 Å². The van der Waals surface area contributed by atoms with Gasteiger partial charge in [-0.05, 0) is 24.6 Å². The number of aliphatic imine (C=N–C) groups is 1. The van der Waals surface area contributed by atoms with Crippen LogP contribution in [0.1, 0.15) is 31.0 Å². The van der Waals surface area contributed by atoms with Gasteiger partial charge in [-0.25, -0.2) is 0 Å². The Hall–Kier alpha value is -3.08. The van der Waals surface area contributed by atoms with E-state index in [0.29, 0.717) is 6.54 Å². The molecule has 2 aromatic carbocycles. The third-order valence-electron chi connectivity index (χ3n) is 3.92. The Balaban J connectivity index is 1.76. The van der Waals surface area contributed by atoms with E-state index in [1.165, 1.54) is 12.5 Å². The number of carbonyl (C=O) groups excluding carboxylic acids is 1. The molecule has 0 radical (unpaired) electrons. The Kier molecular flexibility index (Phi) is 5.14. The second-order valence-corrected chi connectivity index (χ2v) is 5.99. The normalized spacial score (nSPS) is 16.4. The van der Waals surface area contributed by atoms with Gasteiger partial charge in [-0.3, -0.25) is 9.79 Å². The topological polar surface area (TPSA) is 65.5 Å². The molecule has 3 rings (SSSR count). The lowest BCUT2D eigenvalue weighted by molar-refractivity contribution is -0.114. The Bertz CT molecular complexity index is 811. The predicted molar refractivity (Wildman–Crippen MR) is 102 cm³/mol. The highest BCUT2D eigenvalue weighted by atomic mass is 16.1. The summed E-state index contributed by atoms with van der Waals surface area (Å²) >= 11 is 0. The molecule has 0 saturated heterocycles. The molecule has 3 N–H and O–H groups in total. The first kappa shape index (κ1) is 16.8. The van der Waals surface area contributed by atoms with Crippen LogP contribution >= 0.6 is 0 Å². The van der Waals surface area contributed by atoms with Gasteiger partial charge < -0.3 is 16.0 Å². The number of nitrogens with zero attached hydrogens (tertiary/aromatic N) is 1. The van der Waals surface area contributed by atoms with Crippen molar-refractivity contribution in [2.24, 2.45) is 4.99 Å². The lowest BCUT2D eigenvalue weighted by Crippen LogP contribution is -2.36. The van der Waals surface area contributed by atoms with E-state index in [2.05, 4.69) is 35.0 Å². The van der Waals surface area contributed by atoms with Crippen LogP contribution in [0.15, 0.2) is 65.8 Å². The van der Waals surface area contributed by atoms with Gasteiger partial charge in [-0.2, -0.15) is 0 Å². The minimum atomic E-state index is -0.0835. The number of anilines is 1. The van der Waals surface area contributed by atoms with E-state index in [9.17, 15) is 4.79 Å². The first-order chi connectivity index (χ1) is 12.1. The fourth-order valence-electron chi connectivity index (χ4n) is 2.73. The molecule has 2 aromatic rings. The van der Waals surface area contributed by atoms with Crippen LogP contribution in [-0.2, 0) is 4.79 Å². The van der Waals surface area contributed by atoms with Crippen LogP contribution in [0.25, 0.3) is 5.70 Å². The van der Waals surface area contributed by atoms with Gasteiger partial charge >= 0.3 is 0 Å². The molecule has 0 spiro atoms. The average Bonchev–Trinajstić information content (AvgIpc) is 2.62. The maximum Gasteiger partial charge on any atom is 0.221 e. The van der Waals surface area contributed by atoms with Crippen molar-refractivity contribution in [1.29, 1.82) is 0 Å². The summed E-state index contributed by atoms with van der Waals surface area (Å²) in [6.45, 7) is 4.24. The molecule has 0 unspecified atom stereocenters. The Morgan fingerprint density at radius 1 is 1.16 bits per heavy atom. The van der Waals surface area contributed by atoms with E-state index in [-0.39, 0.29) is 11.9 Å². The van der Waals surface area contributed by atoms with Crippen LogP contribution in [0.4, 0.5) is 5.69 Å². The van der Waals surface area contributed by atoms with Crippen molar-refractivity contribution < 1.29 is 4.79 Å². The lowest BCUT2D eigenvalue weighted by Gasteiger charge is -2.21. The maximum absolute atomic E-state index is 11.2. The van der Waals surface area contributed by atoms with Crippen molar-refractivity contribution in [3.8, 4) is 0 Å². The van der Waals surface area contributed by atoms with Crippen LogP contribution in [0.3, 0.4) is 0 Å². The fourth-order valence-corrected chi connectivity index (χ4v) is 2.73. The standard InChI is InChI=1S/C20H22N4O/c1-14(16-7-4-3-5-8-16)22-20-13-21-12-19(24-20)17-9-6-10-18(11-17)23-15(2)25/h3-12,14,21H,13H2,1-2H3,(H,22,24)(H,23,25)/t14-/m1/s1. The predicted octanol–water partition coefficient (Wildman–Crippen LogP) is 3.30. The highest BCUT2D eigenvalue weighted by molar-refractivity contribution is 5.95. The summed E-state index contributed by atoms with van der Waals surface area (Å²) in [4.78, 5) is 16.0. The van der Waals surface area contributed by atoms with E-state index >= 15 is 0 Å². The third kappa shape index (κ3) is 4.47. The first-order valence-corrected chi connectivity index (χ1v) is 8.32. The second kappa shape index (κ2) is 7.66. The van der Waals surface area contributed by atoms with Crippen molar-refractivity contribution in [1.82, 2.24) is 10.6 Å². The summed E-state index contributed by atoms with van der Waals surface area (Å²) in [5.74, 6) is 0.804. The zero-order valence-electron chi connectivity index (χ0n) is 14.4. The smallest absolute Gasteiger partial charge is 0.221 e. The highest BCUT2D eigenvalue weighted by Crippen LogP contribution is 2.20. The zero-order chi connectivity index (χ0) is 17.6. The number of amidine groups is 1. The molecule has 1 amide bonds. The van der Waals surface area contributed by atoms with Crippen LogP contribution in [0.5, 0.6) is 0 Å². The van der Waals surface area contributed by atoms with Crippen LogP contribution in [-0.4, -0.2) is 18.3 Å². The second-order valence-electron chi connectivity index (χ2n) is 5.99. The molecule has 0 fully saturated rings. The quantitative estimate of drug-likeness (QED) is 0.804. The minimum Gasteiger partial charge on any atom is -0.382 e. The molecular formula is C20H22N4O. The molecular weight excluding hydrogens is 312 g/mol. The van der Waals surface area contributed by atoms with Gasteiger partial charge in [-0.15, -0.1) is 0 Å². The summed E-state index contributed by atoms with van der Waals surface area (Å²) in [5.41, 5.74) is 3.87. The molecule has 0 aliphatic carbocycles. The van der Waals surface area contributed by atoms with E-state index in [1.54, 1.807) is 0 Å². The van der Waals surface area contributed by atoms with Crippen molar-refractivity contribution in [2.45, 2.75) is 19.9 Å². The summed E-state index contributed by atoms with van der Waals surface area (Å²) in [6, 6.07) is 18.0. The van der Waals surface area contributed by atoms with E-state index in [4.69, 9.17) is 4.99 Å². The van der Waals surface area contributed by atoms with Crippen LogP contribution in [0, 0.1) is 0 Å².